The zero-order chi connectivity index (χ0) is 8.97. The van der Waals surface area contributed by atoms with Gasteiger partial charge in [-0.1, -0.05) is 12.1 Å². The maximum atomic E-state index is 8.75. The van der Waals surface area contributed by atoms with Gasteiger partial charge in [-0.15, -0.1) is 0 Å². The Bertz CT molecular complexity index is 299. The van der Waals surface area contributed by atoms with Crippen LogP contribution in [0.5, 0.6) is 0 Å². The highest BCUT2D eigenvalue weighted by Gasteiger charge is 2.03. The summed E-state index contributed by atoms with van der Waals surface area (Å²) in [4.78, 5) is 2.02. The van der Waals surface area contributed by atoms with E-state index in [-0.39, 0.29) is 0 Å². The lowest BCUT2D eigenvalue weighted by Gasteiger charge is -2.17. The monoisotopic (exact) mass is 159 g/mol. The number of hydrogen-bond acceptors (Lipinski definition) is 2. The SMILES string of the molecule is CCN(C)c1ccc[c]c1C#N. The Morgan fingerprint density at radius 2 is 2.42 bits per heavy atom. The Labute approximate surface area is 73.0 Å². The number of rotatable bonds is 2. The minimum Gasteiger partial charge on any atom is -0.374 e. The van der Waals surface area contributed by atoms with E-state index in [1.54, 1.807) is 6.07 Å². The van der Waals surface area contributed by atoms with Crippen molar-refractivity contribution >= 4 is 5.69 Å². The standard InChI is InChI=1S/C10H11N2/c1-3-12(2)10-7-5-4-6-9(10)8-11/h4-5,7H,3H2,1-2H3. The van der Waals surface area contributed by atoms with E-state index < -0.39 is 0 Å². The van der Waals surface area contributed by atoms with Crippen molar-refractivity contribution in [3.63, 3.8) is 0 Å². The first-order valence-corrected chi connectivity index (χ1v) is 3.91. The van der Waals surface area contributed by atoms with E-state index in [0.29, 0.717) is 5.56 Å². The molecule has 61 valence electrons. The molecule has 0 unspecified atom stereocenters. The maximum Gasteiger partial charge on any atom is 0.102 e. The number of nitriles is 1. The van der Waals surface area contributed by atoms with Crippen molar-refractivity contribution in [2.24, 2.45) is 0 Å². The van der Waals surface area contributed by atoms with E-state index in [1.165, 1.54) is 0 Å². The predicted octanol–water partition coefficient (Wildman–Crippen LogP) is 1.81. The molecule has 0 aromatic heterocycles. The van der Waals surface area contributed by atoms with Gasteiger partial charge in [0.25, 0.3) is 0 Å². The molecule has 12 heavy (non-hydrogen) atoms. The third kappa shape index (κ3) is 1.57. The predicted molar refractivity (Wildman–Crippen MR) is 48.9 cm³/mol. The van der Waals surface area contributed by atoms with Crippen molar-refractivity contribution in [3.05, 3.63) is 29.8 Å². The van der Waals surface area contributed by atoms with Crippen LogP contribution in [0.3, 0.4) is 0 Å². The Balaban J connectivity index is 3.07. The van der Waals surface area contributed by atoms with Crippen LogP contribution >= 0.6 is 0 Å². The van der Waals surface area contributed by atoms with Gasteiger partial charge in [0.2, 0.25) is 0 Å². The van der Waals surface area contributed by atoms with Crippen molar-refractivity contribution in [2.75, 3.05) is 18.5 Å². The molecule has 0 fully saturated rings. The van der Waals surface area contributed by atoms with Crippen molar-refractivity contribution in [2.45, 2.75) is 6.92 Å². The summed E-state index contributed by atoms with van der Waals surface area (Å²) in [5.41, 5.74) is 1.56. The fraction of sp³-hybridized carbons (Fsp3) is 0.300. The molecule has 2 nitrogen and oxygen atoms in total. The summed E-state index contributed by atoms with van der Waals surface area (Å²) in [6.45, 7) is 2.95. The Morgan fingerprint density at radius 1 is 1.67 bits per heavy atom. The molecule has 2 heteroatoms. The molecule has 0 aliphatic heterocycles. The van der Waals surface area contributed by atoms with Crippen molar-refractivity contribution in [3.8, 4) is 6.07 Å². The lowest BCUT2D eigenvalue weighted by atomic mass is 10.2. The Hall–Kier alpha value is -1.49. The van der Waals surface area contributed by atoms with Crippen LogP contribution in [0.2, 0.25) is 0 Å². The van der Waals surface area contributed by atoms with E-state index in [0.717, 1.165) is 12.2 Å². The summed E-state index contributed by atoms with van der Waals surface area (Å²) in [6, 6.07) is 10.6. The lowest BCUT2D eigenvalue weighted by Crippen LogP contribution is -2.16. The summed E-state index contributed by atoms with van der Waals surface area (Å²) in [6.07, 6.45) is 0. The van der Waals surface area contributed by atoms with Crippen LogP contribution in [0.4, 0.5) is 5.69 Å². The first-order chi connectivity index (χ1) is 5.79. The van der Waals surface area contributed by atoms with Crippen LogP contribution in [0, 0.1) is 17.4 Å². The molecular weight excluding hydrogens is 148 g/mol. The lowest BCUT2D eigenvalue weighted by molar-refractivity contribution is 0.965. The minimum atomic E-state index is 0.613. The molecule has 0 N–H and O–H groups in total. The van der Waals surface area contributed by atoms with E-state index in [9.17, 15) is 0 Å². The highest BCUT2D eigenvalue weighted by molar-refractivity contribution is 5.57. The third-order valence-electron chi connectivity index (χ3n) is 1.83. The second-order valence-electron chi connectivity index (χ2n) is 2.56. The zero-order valence-electron chi connectivity index (χ0n) is 7.33. The summed E-state index contributed by atoms with van der Waals surface area (Å²) < 4.78 is 0. The van der Waals surface area contributed by atoms with E-state index >= 15 is 0 Å². The molecule has 0 spiro atoms. The Morgan fingerprint density at radius 3 is 3.00 bits per heavy atom. The summed E-state index contributed by atoms with van der Waals surface area (Å²) in [7, 11) is 1.96. The third-order valence-corrected chi connectivity index (χ3v) is 1.83. The van der Waals surface area contributed by atoms with Gasteiger partial charge in [0.05, 0.1) is 11.3 Å². The average Bonchev–Trinajstić information content (AvgIpc) is 2.16. The van der Waals surface area contributed by atoms with Gasteiger partial charge in [-0.05, 0) is 13.0 Å². The van der Waals surface area contributed by atoms with Crippen LogP contribution in [-0.2, 0) is 0 Å². The smallest absolute Gasteiger partial charge is 0.102 e. The van der Waals surface area contributed by atoms with Crippen molar-refractivity contribution in [1.29, 1.82) is 5.26 Å². The summed E-state index contributed by atoms with van der Waals surface area (Å²) in [5, 5.41) is 8.75. The van der Waals surface area contributed by atoms with Crippen molar-refractivity contribution in [1.82, 2.24) is 0 Å². The first kappa shape index (κ1) is 8.61. The number of anilines is 1. The summed E-state index contributed by atoms with van der Waals surface area (Å²) in [5.74, 6) is 0. The van der Waals surface area contributed by atoms with Crippen LogP contribution in [-0.4, -0.2) is 13.6 Å². The van der Waals surface area contributed by atoms with Crippen LogP contribution in [0.25, 0.3) is 0 Å². The molecule has 0 saturated heterocycles. The number of nitrogens with zero attached hydrogens (tertiary/aromatic N) is 2. The maximum absolute atomic E-state index is 8.75. The van der Waals surface area contributed by atoms with Gasteiger partial charge < -0.3 is 4.90 Å². The molecule has 0 bridgehead atoms. The van der Waals surface area contributed by atoms with Gasteiger partial charge in [-0.3, -0.25) is 0 Å². The summed E-state index contributed by atoms with van der Waals surface area (Å²) >= 11 is 0. The van der Waals surface area contributed by atoms with Gasteiger partial charge in [0, 0.05) is 19.7 Å². The normalized spacial score (nSPS) is 9.08. The van der Waals surface area contributed by atoms with Crippen LogP contribution in [0.1, 0.15) is 12.5 Å². The molecule has 0 aliphatic rings. The van der Waals surface area contributed by atoms with E-state index in [1.807, 2.05) is 31.0 Å². The second-order valence-corrected chi connectivity index (χ2v) is 2.56. The topological polar surface area (TPSA) is 27.0 Å². The van der Waals surface area contributed by atoms with E-state index in [2.05, 4.69) is 12.1 Å². The second kappa shape index (κ2) is 3.77. The molecule has 0 heterocycles. The first-order valence-electron chi connectivity index (χ1n) is 3.91. The Kier molecular flexibility index (Phi) is 2.71. The molecule has 1 aromatic rings. The fourth-order valence-electron chi connectivity index (χ4n) is 1.01. The molecule has 1 radical (unpaired) electrons. The van der Waals surface area contributed by atoms with Gasteiger partial charge in [-0.25, -0.2) is 0 Å². The number of benzene rings is 1. The average molecular weight is 159 g/mol. The highest BCUT2D eigenvalue weighted by atomic mass is 15.1. The van der Waals surface area contributed by atoms with E-state index in [4.69, 9.17) is 5.26 Å². The van der Waals surface area contributed by atoms with Gasteiger partial charge in [0.1, 0.15) is 6.07 Å². The van der Waals surface area contributed by atoms with Crippen molar-refractivity contribution < 1.29 is 0 Å². The van der Waals surface area contributed by atoms with Gasteiger partial charge in [0.15, 0.2) is 0 Å². The quantitative estimate of drug-likeness (QED) is 0.658. The molecule has 0 atom stereocenters. The minimum absolute atomic E-state index is 0.613. The van der Waals surface area contributed by atoms with Gasteiger partial charge in [-0.2, -0.15) is 5.26 Å². The molecule has 1 aromatic carbocycles. The number of hydrogen-bond donors (Lipinski definition) is 0. The van der Waals surface area contributed by atoms with Crippen LogP contribution in [0.15, 0.2) is 18.2 Å². The van der Waals surface area contributed by atoms with Crippen LogP contribution < -0.4 is 4.90 Å². The highest BCUT2D eigenvalue weighted by Crippen LogP contribution is 2.16. The molecule has 0 aliphatic carbocycles. The zero-order valence-corrected chi connectivity index (χ0v) is 7.33. The molecular formula is C10H11N2. The molecule has 0 saturated carbocycles. The molecule has 1 rings (SSSR count). The fourth-order valence-corrected chi connectivity index (χ4v) is 1.01. The largest absolute Gasteiger partial charge is 0.374 e. The molecule has 0 amide bonds. The van der Waals surface area contributed by atoms with Gasteiger partial charge >= 0.3 is 0 Å².